The first-order chi connectivity index (χ1) is 21.4. The lowest BCUT2D eigenvalue weighted by Crippen LogP contribution is -2.77. The molecule has 0 aromatic heterocycles. The van der Waals surface area contributed by atoms with Crippen LogP contribution >= 0.6 is 0 Å². The van der Waals surface area contributed by atoms with E-state index in [0.717, 1.165) is 13.1 Å². The van der Waals surface area contributed by atoms with Gasteiger partial charge < -0.3 is 21.3 Å². The second-order valence-electron chi connectivity index (χ2n) is 18.8. The third-order valence-electron chi connectivity index (χ3n) is 15.6. The molecule has 8 nitrogen and oxygen atoms in total. The van der Waals surface area contributed by atoms with Gasteiger partial charge in [0, 0.05) is 112 Å². The Kier molecular flexibility index (Phi) is 8.80. The van der Waals surface area contributed by atoms with Crippen LogP contribution in [-0.2, 0) is 0 Å². The number of hydrogen-bond acceptors (Lipinski definition) is 8. The van der Waals surface area contributed by atoms with Crippen LogP contribution in [0.2, 0.25) is 0 Å². The van der Waals surface area contributed by atoms with Crippen molar-refractivity contribution in [2.75, 3.05) is 105 Å². The SMILES string of the molecule is CCC(C)(N1CCC2(CNC2)C1)C(C)(CC(C)(CCC(C)(C)N1CCC2(CC1)CNC2)N1CCNCC1)N1CC2(CCNC2)C1. The molecule has 258 valence electrons. The zero-order chi connectivity index (χ0) is 31.6. The van der Waals surface area contributed by atoms with Crippen LogP contribution in [0.15, 0.2) is 0 Å². The molecule has 0 bridgehead atoms. The third-order valence-corrected chi connectivity index (χ3v) is 15.6. The summed E-state index contributed by atoms with van der Waals surface area (Å²) in [7, 11) is 0. The van der Waals surface area contributed by atoms with E-state index in [0.29, 0.717) is 16.2 Å². The quantitative estimate of drug-likeness (QED) is 0.280. The van der Waals surface area contributed by atoms with Gasteiger partial charge in [-0.3, -0.25) is 19.6 Å². The van der Waals surface area contributed by atoms with E-state index in [1.165, 1.54) is 143 Å². The molecule has 7 fully saturated rings. The van der Waals surface area contributed by atoms with Crippen molar-refractivity contribution in [2.24, 2.45) is 16.2 Å². The van der Waals surface area contributed by atoms with Crippen LogP contribution in [-0.4, -0.2) is 146 Å². The first-order valence-electron chi connectivity index (χ1n) is 19.2. The average molecular weight is 627 g/mol. The number of likely N-dealkylation sites (tertiary alicyclic amines) is 3. The van der Waals surface area contributed by atoms with Gasteiger partial charge >= 0.3 is 0 Å². The molecular weight excluding hydrogens is 556 g/mol. The van der Waals surface area contributed by atoms with Gasteiger partial charge in [-0.25, -0.2) is 0 Å². The molecule has 0 aromatic rings. The van der Waals surface area contributed by atoms with E-state index in [-0.39, 0.29) is 22.2 Å². The van der Waals surface area contributed by atoms with Crippen molar-refractivity contribution in [1.29, 1.82) is 0 Å². The summed E-state index contributed by atoms with van der Waals surface area (Å²) in [6.45, 7) is 35.4. The fraction of sp³-hybridized carbons (Fsp3) is 1.00. The standard InChI is InChI=1S/C37H70N8/c1-7-33(5,44-19-13-36(28-44)25-41-26-36)34(6,45-29-37(30-45)10-14-39-27-37)22-32(4,43-20-15-38-16-21-43)9-8-31(2,3)42-17-11-35(12-18-42)23-40-24-35/h38-41H,7-30H2,1-6H3. The molecule has 8 heteroatoms. The van der Waals surface area contributed by atoms with Gasteiger partial charge in [0.1, 0.15) is 0 Å². The lowest BCUT2D eigenvalue weighted by Gasteiger charge is -2.66. The normalized spacial score (nSPS) is 32.9. The number of piperidine rings is 1. The molecule has 7 aliphatic heterocycles. The molecule has 0 aromatic carbocycles. The molecule has 7 saturated heterocycles. The summed E-state index contributed by atoms with van der Waals surface area (Å²) in [5, 5.41) is 14.6. The van der Waals surface area contributed by atoms with Crippen molar-refractivity contribution < 1.29 is 0 Å². The van der Waals surface area contributed by atoms with E-state index in [1.807, 2.05) is 0 Å². The van der Waals surface area contributed by atoms with Crippen molar-refractivity contribution in [1.82, 2.24) is 40.9 Å². The van der Waals surface area contributed by atoms with Crippen LogP contribution < -0.4 is 21.3 Å². The molecule has 4 N–H and O–H groups in total. The molecule has 45 heavy (non-hydrogen) atoms. The molecule has 0 saturated carbocycles. The Hall–Kier alpha value is -0.320. The highest BCUT2D eigenvalue weighted by Gasteiger charge is 2.62. The van der Waals surface area contributed by atoms with Crippen molar-refractivity contribution >= 4 is 0 Å². The van der Waals surface area contributed by atoms with Crippen molar-refractivity contribution in [3.05, 3.63) is 0 Å². The van der Waals surface area contributed by atoms with Gasteiger partial charge in [-0.1, -0.05) is 6.92 Å². The average Bonchev–Trinajstić information content (AvgIpc) is 3.68. The highest BCUT2D eigenvalue weighted by Crippen LogP contribution is 2.53. The second kappa shape index (κ2) is 11.9. The van der Waals surface area contributed by atoms with Gasteiger partial charge in [-0.05, 0) is 118 Å². The van der Waals surface area contributed by atoms with Crippen LogP contribution in [0, 0.1) is 16.2 Å². The van der Waals surface area contributed by atoms with Gasteiger partial charge in [-0.15, -0.1) is 0 Å². The lowest BCUT2D eigenvalue weighted by atomic mass is 9.63. The van der Waals surface area contributed by atoms with E-state index >= 15 is 0 Å². The maximum absolute atomic E-state index is 3.73. The number of nitrogens with zero attached hydrogens (tertiary/aromatic N) is 4. The van der Waals surface area contributed by atoms with E-state index in [9.17, 15) is 0 Å². The summed E-state index contributed by atoms with van der Waals surface area (Å²) in [5.74, 6) is 0. The molecule has 7 rings (SSSR count). The van der Waals surface area contributed by atoms with Crippen molar-refractivity contribution in [3.8, 4) is 0 Å². The largest absolute Gasteiger partial charge is 0.316 e. The Bertz CT molecular complexity index is 1030. The lowest BCUT2D eigenvalue weighted by molar-refractivity contribution is -0.151. The molecule has 3 unspecified atom stereocenters. The van der Waals surface area contributed by atoms with E-state index in [1.54, 1.807) is 0 Å². The van der Waals surface area contributed by atoms with E-state index in [2.05, 4.69) is 82.4 Å². The summed E-state index contributed by atoms with van der Waals surface area (Å²) in [4.78, 5) is 11.8. The molecule has 3 spiro atoms. The van der Waals surface area contributed by atoms with Crippen molar-refractivity contribution in [2.45, 2.75) is 115 Å². The van der Waals surface area contributed by atoms with Gasteiger partial charge in [0.15, 0.2) is 0 Å². The summed E-state index contributed by atoms with van der Waals surface area (Å²) in [6.07, 6.45) is 10.5. The Morgan fingerprint density at radius 1 is 0.511 bits per heavy atom. The Morgan fingerprint density at radius 3 is 1.62 bits per heavy atom. The molecule has 0 aliphatic carbocycles. The van der Waals surface area contributed by atoms with Crippen molar-refractivity contribution in [3.63, 3.8) is 0 Å². The number of hydrogen-bond donors (Lipinski definition) is 4. The first-order valence-corrected chi connectivity index (χ1v) is 19.2. The Labute approximate surface area is 276 Å². The molecule has 0 radical (unpaired) electrons. The maximum atomic E-state index is 3.73. The minimum absolute atomic E-state index is 0.122. The fourth-order valence-corrected chi connectivity index (χ4v) is 11.3. The van der Waals surface area contributed by atoms with E-state index in [4.69, 9.17) is 0 Å². The van der Waals surface area contributed by atoms with E-state index < -0.39 is 0 Å². The Morgan fingerprint density at radius 2 is 1.09 bits per heavy atom. The monoisotopic (exact) mass is 627 g/mol. The predicted molar refractivity (Wildman–Crippen MR) is 187 cm³/mol. The third kappa shape index (κ3) is 5.77. The second-order valence-corrected chi connectivity index (χ2v) is 18.8. The summed E-state index contributed by atoms with van der Waals surface area (Å²) >= 11 is 0. The topological polar surface area (TPSA) is 61.1 Å². The summed E-state index contributed by atoms with van der Waals surface area (Å²) in [6, 6.07) is 0. The van der Waals surface area contributed by atoms with Crippen LogP contribution in [0.25, 0.3) is 0 Å². The molecule has 7 aliphatic rings. The van der Waals surface area contributed by atoms with Crippen LogP contribution in [0.1, 0.15) is 92.9 Å². The van der Waals surface area contributed by atoms with Gasteiger partial charge in [0.05, 0.1) is 0 Å². The number of piperazine rings is 1. The number of rotatable bonds is 11. The Balaban J connectivity index is 1.15. The first kappa shape index (κ1) is 33.2. The molecule has 3 atom stereocenters. The smallest absolute Gasteiger partial charge is 0.0380 e. The summed E-state index contributed by atoms with van der Waals surface area (Å²) in [5.41, 5.74) is 2.34. The maximum Gasteiger partial charge on any atom is 0.0380 e. The minimum Gasteiger partial charge on any atom is -0.316 e. The minimum atomic E-state index is 0.122. The zero-order valence-corrected chi connectivity index (χ0v) is 30.3. The molecule has 0 amide bonds. The van der Waals surface area contributed by atoms with Gasteiger partial charge in [0.25, 0.3) is 0 Å². The van der Waals surface area contributed by atoms with Gasteiger partial charge in [-0.2, -0.15) is 0 Å². The zero-order valence-electron chi connectivity index (χ0n) is 30.3. The van der Waals surface area contributed by atoms with Crippen LogP contribution in [0.4, 0.5) is 0 Å². The highest BCUT2D eigenvalue weighted by atomic mass is 15.4. The van der Waals surface area contributed by atoms with Gasteiger partial charge in [0.2, 0.25) is 0 Å². The number of nitrogens with one attached hydrogen (secondary N) is 4. The van der Waals surface area contributed by atoms with Crippen LogP contribution in [0.5, 0.6) is 0 Å². The predicted octanol–water partition coefficient (Wildman–Crippen LogP) is 2.80. The molecular formula is C37H70N8. The highest BCUT2D eigenvalue weighted by molar-refractivity contribution is 5.19. The van der Waals surface area contributed by atoms with Crippen LogP contribution in [0.3, 0.4) is 0 Å². The summed E-state index contributed by atoms with van der Waals surface area (Å²) < 4.78 is 0. The fourth-order valence-electron chi connectivity index (χ4n) is 11.3. The molecule has 7 heterocycles.